The second-order valence-electron chi connectivity index (χ2n) is 5.92. The van der Waals surface area contributed by atoms with Crippen LogP contribution in [0.15, 0.2) is 18.2 Å². The molecule has 1 N–H and O–H groups in total. The van der Waals surface area contributed by atoms with Crippen molar-refractivity contribution in [1.29, 1.82) is 0 Å². The monoisotopic (exact) mass is 276 g/mol. The van der Waals surface area contributed by atoms with Gasteiger partial charge in [0.15, 0.2) is 0 Å². The molecule has 1 saturated heterocycles. The quantitative estimate of drug-likeness (QED) is 0.775. The lowest BCUT2D eigenvalue weighted by molar-refractivity contribution is 0.219. The summed E-state index contributed by atoms with van der Waals surface area (Å²) in [5.41, 5.74) is 2.54. The van der Waals surface area contributed by atoms with Crippen LogP contribution in [0.5, 0.6) is 5.75 Å². The fourth-order valence-electron chi connectivity index (χ4n) is 3.13. The molecule has 1 unspecified atom stereocenters. The van der Waals surface area contributed by atoms with Crippen LogP contribution in [0.1, 0.15) is 30.4 Å². The second kappa shape index (κ2) is 7.65. The van der Waals surface area contributed by atoms with E-state index in [1.54, 1.807) is 0 Å². The SMILES string of the molecule is CNCC1CCCN1CCCOc1cc(C)cc(C)c1. The number of likely N-dealkylation sites (N-methyl/N-ethyl adjacent to an activating group) is 1. The van der Waals surface area contributed by atoms with Crippen molar-refractivity contribution in [2.75, 3.05) is 33.3 Å². The Hall–Kier alpha value is -1.06. The smallest absolute Gasteiger partial charge is 0.119 e. The molecule has 20 heavy (non-hydrogen) atoms. The van der Waals surface area contributed by atoms with Gasteiger partial charge in [-0.25, -0.2) is 0 Å². The molecule has 1 aromatic rings. The lowest BCUT2D eigenvalue weighted by atomic mass is 10.1. The number of aryl methyl sites for hydroxylation is 2. The molecule has 3 heteroatoms. The third-order valence-electron chi connectivity index (χ3n) is 3.99. The largest absolute Gasteiger partial charge is 0.494 e. The molecule has 1 aliphatic heterocycles. The molecule has 0 amide bonds. The van der Waals surface area contributed by atoms with E-state index in [1.807, 2.05) is 7.05 Å². The predicted molar refractivity (Wildman–Crippen MR) is 84.5 cm³/mol. The van der Waals surface area contributed by atoms with Gasteiger partial charge in [-0.2, -0.15) is 0 Å². The van der Waals surface area contributed by atoms with Gasteiger partial charge in [-0.1, -0.05) is 6.07 Å². The summed E-state index contributed by atoms with van der Waals surface area (Å²) in [6.45, 7) is 8.55. The molecule has 1 aromatic carbocycles. The van der Waals surface area contributed by atoms with Gasteiger partial charge in [-0.3, -0.25) is 4.90 Å². The van der Waals surface area contributed by atoms with Crippen LogP contribution in [0.25, 0.3) is 0 Å². The Bertz CT molecular complexity index is 399. The molecule has 1 aliphatic rings. The third-order valence-corrected chi connectivity index (χ3v) is 3.99. The van der Waals surface area contributed by atoms with E-state index in [0.29, 0.717) is 0 Å². The highest BCUT2D eigenvalue weighted by Gasteiger charge is 2.22. The fourth-order valence-corrected chi connectivity index (χ4v) is 3.13. The molecule has 2 rings (SSSR count). The molecule has 112 valence electrons. The molecule has 0 radical (unpaired) electrons. The van der Waals surface area contributed by atoms with E-state index in [9.17, 15) is 0 Å². The van der Waals surface area contributed by atoms with E-state index in [-0.39, 0.29) is 0 Å². The molecule has 1 atom stereocenters. The average Bonchev–Trinajstić information content (AvgIpc) is 2.82. The van der Waals surface area contributed by atoms with Crippen LogP contribution in [0.2, 0.25) is 0 Å². The number of hydrogen-bond donors (Lipinski definition) is 1. The number of hydrogen-bond acceptors (Lipinski definition) is 3. The van der Waals surface area contributed by atoms with Crippen LogP contribution in [0.3, 0.4) is 0 Å². The summed E-state index contributed by atoms with van der Waals surface area (Å²) in [7, 11) is 2.04. The molecular formula is C17H28N2O. The molecule has 1 heterocycles. The normalized spacial score (nSPS) is 19.4. The van der Waals surface area contributed by atoms with Crippen molar-refractivity contribution in [3.05, 3.63) is 29.3 Å². The Morgan fingerprint density at radius 1 is 1.25 bits per heavy atom. The lowest BCUT2D eigenvalue weighted by Gasteiger charge is -2.24. The van der Waals surface area contributed by atoms with Gasteiger partial charge in [0.1, 0.15) is 5.75 Å². The van der Waals surface area contributed by atoms with Crippen molar-refractivity contribution in [3.8, 4) is 5.75 Å². The topological polar surface area (TPSA) is 24.5 Å². The van der Waals surface area contributed by atoms with Crippen LogP contribution in [0.4, 0.5) is 0 Å². The van der Waals surface area contributed by atoms with Gasteiger partial charge in [0.05, 0.1) is 6.61 Å². The molecule has 0 aliphatic carbocycles. The minimum Gasteiger partial charge on any atom is -0.494 e. The zero-order valence-corrected chi connectivity index (χ0v) is 13.1. The number of rotatable bonds is 7. The van der Waals surface area contributed by atoms with Gasteiger partial charge >= 0.3 is 0 Å². The minimum atomic E-state index is 0.723. The Balaban J connectivity index is 1.70. The minimum absolute atomic E-state index is 0.723. The van der Waals surface area contributed by atoms with E-state index >= 15 is 0 Å². The van der Waals surface area contributed by atoms with Gasteiger partial charge in [-0.15, -0.1) is 0 Å². The van der Waals surface area contributed by atoms with E-state index in [0.717, 1.165) is 37.9 Å². The first-order valence-electron chi connectivity index (χ1n) is 7.79. The number of likely N-dealkylation sites (tertiary alicyclic amines) is 1. The molecule has 0 bridgehead atoms. The molecule has 0 spiro atoms. The Labute approximate surface area is 123 Å². The molecule has 3 nitrogen and oxygen atoms in total. The highest BCUT2D eigenvalue weighted by atomic mass is 16.5. The summed E-state index contributed by atoms with van der Waals surface area (Å²) >= 11 is 0. The first-order valence-corrected chi connectivity index (χ1v) is 7.79. The summed E-state index contributed by atoms with van der Waals surface area (Å²) < 4.78 is 5.88. The van der Waals surface area contributed by atoms with Crippen LogP contribution >= 0.6 is 0 Å². The van der Waals surface area contributed by atoms with Crippen LogP contribution in [-0.4, -0.2) is 44.2 Å². The van der Waals surface area contributed by atoms with E-state index in [1.165, 1.54) is 30.5 Å². The highest BCUT2D eigenvalue weighted by Crippen LogP contribution is 2.18. The lowest BCUT2D eigenvalue weighted by Crippen LogP contribution is -2.37. The van der Waals surface area contributed by atoms with Crippen molar-refractivity contribution < 1.29 is 4.74 Å². The van der Waals surface area contributed by atoms with Crippen molar-refractivity contribution in [3.63, 3.8) is 0 Å². The fraction of sp³-hybridized carbons (Fsp3) is 0.647. The zero-order chi connectivity index (χ0) is 14.4. The molecule has 1 fully saturated rings. The second-order valence-corrected chi connectivity index (χ2v) is 5.92. The molecule has 0 saturated carbocycles. The Morgan fingerprint density at radius 2 is 2.00 bits per heavy atom. The van der Waals surface area contributed by atoms with Gasteiger partial charge in [0, 0.05) is 19.1 Å². The summed E-state index contributed by atoms with van der Waals surface area (Å²) in [5, 5.41) is 3.30. The van der Waals surface area contributed by atoms with Crippen molar-refractivity contribution >= 4 is 0 Å². The average molecular weight is 276 g/mol. The van der Waals surface area contributed by atoms with Crippen LogP contribution in [0, 0.1) is 13.8 Å². The maximum Gasteiger partial charge on any atom is 0.119 e. The standard InChI is InChI=1S/C17H28N2O/c1-14-10-15(2)12-17(11-14)20-9-5-8-19-7-4-6-16(19)13-18-3/h10-12,16,18H,4-9,13H2,1-3H3. The summed E-state index contributed by atoms with van der Waals surface area (Å²) in [6, 6.07) is 7.14. The van der Waals surface area contributed by atoms with E-state index < -0.39 is 0 Å². The zero-order valence-electron chi connectivity index (χ0n) is 13.1. The highest BCUT2D eigenvalue weighted by molar-refractivity contribution is 5.32. The van der Waals surface area contributed by atoms with Gasteiger partial charge in [-0.05, 0) is 70.0 Å². The first-order chi connectivity index (χ1) is 9.69. The Kier molecular flexibility index (Phi) is 5.86. The summed E-state index contributed by atoms with van der Waals surface area (Å²) in [4.78, 5) is 2.60. The number of nitrogens with one attached hydrogen (secondary N) is 1. The maximum absolute atomic E-state index is 5.88. The molecule has 0 aromatic heterocycles. The summed E-state index contributed by atoms with van der Waals surface area (Å²) in [6.07, 6.45) is 3.77. The number of nitrogens with zero attached hydrogens (tertiary/aromatic N) is 1. The predicted octanol–water partition coefficient (Wildman–Crippen LogP) is 2.76. The van der Waals surface area contributed by atoms with Gasteiger partial charge < -0.3 is 10.1 Å². The van der Waals surface area contributed by atoms with E-state index in [2.05, 4.69) is 42.3 Å². The summed E-state index contributed by atoms with van der Waals surface area (Å²) in [5.74, 6) is 1.01. The van der Waals surface area contributed by atoms with Crippen molar-refractivity contribution in [2.24, 2.45) is 0 Å². The van der Waals surface area contributed by atoms with Crippen molar-refractivity contribution in [2.45, 2.75) is 39.2 Å². The number of benzene rings is 1. The Morgan fingerprint density at radius 3 is 2.70 bits per heavy atom. The van der Waals surface area contributed by atoms with Crippen molar-refractivity contribution in [1.82, 2.24) is 10.2 Å². The number of ether oxygens (including phenoxy) is 1. The van der Waals surface area contributed by atoms with Crippen LogP contribution < -0.4 is 10.1 Å². The first kappa shape index (κ1) is 15.3. The third kappa shape index (κ3) is 4.50. The maximum atomic E-state index is 5.88. The van der Waals surface area contributed by atoms with Crippen LogP contribution in [-0.2, 0) is 0 Å². The van der Waals surface area contributed by atoms with Gasteiger partial charge in [0.2, 0.25) is 0 Å². The van der Waals surface area contributed by atoms with Gasteiger partial charge in [0.25, 0.3) is 0 Å². The van der Waals surface area contributed by atoms with E-state index in [4.69, 9.17) is 4.74 Å². The molecular weight excluding hydrogens is 248 g/mol.